The van der Waals surface area contributed by atoms with E-state index in [0.717, 1.165) is 0 Å². The monoisotopic (exact) mass is 373 g/mol. The fourth-order valence-corrected chi connectivity index (χ4v) is 5.47. The second kappa shape index (κ2) is 7.01. The first-order valence-electron chi connectivity index (χ1n) is 9.75. The van der Waals surface area contributed by atoms with Crippen molar-refractivity contribution in [3.8, 4) is 0 Å². The molecule has 0 spiro atoms. The SMILES string of the molecule is CC(C)c1ccccc1N(C)c1cccc2c1sc1c(C(C)C)cccc12. The van der Waals surface area contributed by atoms with Gasteiger partial charge in [0, 0.05) is 28.2 Å². The molecule has 0 aliphatic heterocycles. The molecule has 0 radical (unpaired) electrons. The van der Waals surface area contributed by atoms with Gasteiger partial charge in [-0.15, -0.1) is 11.3 Å². The van der Waals surface area contributed by atoms with Crippen molar-refractivity contribution in [2.45, 2.75) is 39.5 Å². The molecule has 3 aromatic carbocycles. The smallest absolute Gasteiger partial charge is 0.0592 e. The summed E-state index contributed by atoms with van der Waals surface area (Å²) in [4.78, 5) is 2.36. The van der Waals surface area contributed by atoms with Crippen LogP contribution in [0.2, 0.25) is 0 Å². The van der Waals surface area contributed by atoms with E-state index in [1.807, 2.05) is 11.3 Å². The van der Waals surface area contributed by atoms with Crippen LogP contribution in [0.25, 0.3) is 20.2 Å². The summed E-state index contributed by atoms with van der Waals surface area (Å²) >= 11 is 1.94. The van der Waals surface area contributed by atoms with Gasteiger partial charge in [-0.3, -0.25) is 0 Å². The molecule has 0 N–H and O–H groups in total. The summed E-state index contributed by atoms with van der Waals surface area (Å²) in [5.74, 6) is 1.03. The average Bonchev–Trinajstić information content (AvgIpc) is 3.06. The minimum atomic E-state index is 0.498. The lowest BCUT2D eigenvalue weighted by atomic mass is 9.99. The van der Waals surface area contributed by atoms with Gasteiger partial charge in [-0.25, -0.2) is 0 Å². The Balaban J connectivity index is 1.96. The van der Waals surface area contributed by atoms with Crippen LogP contribution < -0.4 is 4.90 Å². The first kappa shape index (κ1) is 18.1. The van der Waals surface area contributed by atoms with Crippen LogP contribution in [0.5, 0.6) is 0 Å². The summed E-state index contributed by atoms with van der Waals surface area (Å²) in [6.45, 7) is 9.10. The summed E-state index contributed by atoms with van der Waals surface area (Å²) in [5, 5.41) is 2.75. The molecule has 0 amide bonds. The van der Waals surface area contributed by atoms with E-state index in [0.29, 0.717) is 11.8 Å². The third-order valence-electron chi connectivity index (χ3n) is 5.44. The maximum atomic E-state index is 2.36. The third kappa shape index (κ3) is 3.02. The molecule has 2 heteroatoms. The Morgan fingerprint density at radius 2 is 1.19 bits per heavy atom. The van der Waals surface area contributed by atoms with Crippen molar-refractivity contribution in [3.63, 3.8) is 0 Å². The van der Waals surface area contributed by atoms with E-state index in [1.165, 1.54) is 42.7 Å². The predicted molar refractivity (Wildman–Crippen MR) is 122 cm³/mol. The quantitative estimate of drug-likeness (QED) is 0.349. The van der Waals surface area contributed by atoms with E-state index in [1.54, 1.807) is 0 Å². The number of para-hydroxylation sites is 1. The van der Waals surface area contributed by atoms with E-state index in [4.69, 9.17) is 0 Å². The van der Waals surface area contributed by atoms with Crippen molar-refractivity contribution >= 4 is 42.9 Å². The number of benzene rings is 3. The lowest BCUT2D eigenvalue weighted by Crippen LogP contribution is -2.12. The van der Waals surface area contributed by atoms with Crippen molar-refractivity contribution in [1.82, 2.24) is 0 Å². The fourth-order valence-electron chi connectivity index (χ4n) is 3.96. The zero-order valence-electron chi connectivity index (χ0n) is 16.8. The van der Waals surface area contributed by atoms with Crippen LogP contribution >= 0.6 is 11.3 Å². The van der Waals surface area contributed by atoms with Gasteiger partial charge in [-0.2, -0.15) is 0 Å². The zero-order valence-corrected chi connectivity index (χ0v) is 17.6. The first-order valence-corrected chi connectivity index (χ1v) is 10.6. The maximum Gasteiger partial charge on any atom is 0.0592 e. The minimum Gasteiger partial charge on any atom is -0.343 e. The Kier molecular flexibility index (Phi) is 4.69. The van der Waals surface area contributed by atoms with Crippen LogP contribution in [-0.2, 0) is 0 Å². The highest BCUT2D eigenvalue weighted by Crippen LogP contribution is 2.44. The summed E-state index contributed by atoms with van der Waals surface area (Å²) in [5.41, 5.74) is 5.42. The number of rotatable bonds is 4. The Hall–Kier alpha value is -2.32. The molecule has 0 unspecified atom stereocenters. The Morgan fingerprint density at radius 3 is 1.89 bits per heavy atom. The number of fused-ring (bicyclic) bond motifs is 3. The van der Waals surface area contributed by atoms with Crippen molar-refractivity contribution < 1.29 is 0 Å². The molecule has 1 nitrogen and oxygen atoms in total. The molecule has 138 valence electrons. The minimum absolute atomic E-state index is 0.498. The molecule has 1 heterocycles. The first-order chi connectivity index (χ1) is 13.0. The van der Waals surface area contributed by atoms with Crippen LogP contribution in [-0.4, -0.2) is 7.05 Å². The van der Waals surface area contributed by atoms with Gasteiger partial charge in [-0.05, 0) is 35.1 Å². The van der Waals surface area contributed by atoms with Gasteiger partial charge >= 0.3 is 0 Å². The second-order valence-electron chi connectivity index (χ2n) is 7.91. The average molecular weight is 374 g/mol. The standard InChI is InChI=1S/C25H27NS/c1-16(2)18-10-6-7-14-22(18)26(5)23-15-9-13-21-20-12-8-11-19(17(3)4)24(20)27-25(21)23/h6-17H,1-5H3. The summed E-state index contributed by atoms with van der Waals surface area (Å²) < 4.78 is 2.81. The molecule has 0 aliphatic rings. The molecule has 0 aliphatic carbocycles. The molecule has 0 atom stereocenters. The predicted octanol–water partition coefficient (Wildman–Crippen LogP) is 8.07. The largest absolute Gasteiger partial charge is 0.343 e. The van der Waals surface area contributed by atoms with Gasteiger partial charge in [0.25, 0.3) is 0 Å². The van der Waals surface area contributed by atoms with Crippen molar-refractivity contribution in [2.75, 3.05) is 11.9 Å². The lowest BCUT2D eigenvalue weighted by molar-refractivity contribution is 0.862. The molecular formula is C25H27NS. The number of anilines is 2. The van der Waals surface area contributed by atoms with E-state index >= 15 is 0 Å². The number of thiophene rings is 1. The molecular weight excluding hydrogens is 346 g/mol. The Bertz CT molecular complexity index is 1100. The Morgan fingerprint density at radius 1 is 0.630 bits per heavy atom. The number of hydrogen-bond acceptors (Lipinski definition) is 2. The third-order valence-corrected chi connectivity index (χ3v) is 6.73. The zero-order chi connectivity index (χ0) is 19.1. The maximum absolute atomic E-state index is 2.36. The fraction of sp³-hybridized carbons (Fsp3) is 0.280. The van der Waals surface area contributed by atoms with Gasteiger partial charge in [0.2, 0.25) is 0 Å². The molecule has 27 heavy (non-hydrogen) atoms. The van der Waals surface area contributed by atoms with Gasteiger partial charge < -0.3 is 4.90 Å². The molecule has 0 saturated carbocycles. The van der Waals surface area contributed by atoms with Crippen LogP contribution in [0.15, 0.2) is 60.7 Å². The highest BCUT2D eigenvalue weighted by molar-refractivity contribution is 7.26. The Labute approximate surface area is 166 Å². The molecule has 0 saturated heterocycles. The highest BCUT2D eigenvalue weighted by atomic mass is 32.1. The summed E-state index contributed by atoms with van der Waals surface area (Å²) in [6.07, 6.45) is 0. The van der Waals surface area contributed by atoms with Crippen molar-refractivity contribution in [1.29, 1.82) is 0 Å². The van der Waals surface area contributed by atoms with Gasteiger partial charge in [-0.1, -0.05) is 76.2 Å². The molecule has 0 bridgehead atoms. The molecule has 0 fully saturated rings. The van der Waals surface area contributed by atoms with Crippen LogP contribution in [0.1, 0.15) is 50.7 Å². The molecule has 1 aromatic heterocycles. The van der Waals surface area contributed by atoms with Gasteiger partial charge in [0.05, 0.1) is 10.4 Å². The second-order valence-corrected chi connectivity index (χ2v) is 8.93. The van der Waals surface area contributed by atoms with Crippen molar-refractivity contribution in [2.24, 2.45) is 0 Å². The highest BCUT2D eigenvalue weighted by Gasteiger charge is 2.17. The lowest BCUT2D eigenvalue weighted by Gasteiger charge is -2.24. The summed E-state index contributed by atoms with van der Waals surface area (Å²) in [6, 6.07) is 22.2. The summed E-state index contributed by atoms with van der Waals surface area (Å²) in [7, 11) is 2.20. The van der Waals surface area contributed by atoms with Crippen LogP contribution in [0.3, 0.4) is 0 Å². The van der Waals surface area contributed by atoms with E-state index in [2.05, 4.69) is 100 Å². The van der Waals surface area contributed by atoms with E-state index in [9.17, 15) is 0 Å². The number of hydrogen-bond donors (Lipinski definition) is 0. The normalized spacial score (nSPS) is 11.8. The van der Waals surface area contributed by atoms with Gasteiger partial charge in [0.15, 0.2) is 0 Å². The van der Waals surface area contributed by atoms with E-state index < -0.39 is 0 Å². The molecule has 4 rings (SSSR count). The van der Waals surface area contributed by atoms with Crippen molar-refractivity contribution in [3.05, 3.63) is 71.8 Å². The van der Waals surface area contributed by atoms with E-state index in [-0.39, 0.29) is 0 Å². The van der Waals surface area contributed by atoms with Gasteiger partial charge in [0.1, 0.15) is 0 Å². The van der Waals surface area contributed by atoms with Crippen LogP contribution in [0, 0.1) is 0 Å². The van der Waals surface area contributed by atoms with Crippen LogP contribution in [0.4, 0.5) is 11.4 Å². The number of nitrogens with zero attached hydrogens (tertiary/aromatic N) is 1. The molecule has 4 aromatic rings. The topological polar surface area (TPSA) is 3.24 Å².